The Bertz CT molecular complexity index is 829. The fourth-order valence-electron chi connectivity index (χ4n) is 3.34. The molecule has 0 bridgehead atoms. The quantitative estimate of drug-likeness (QED) is 0.267. The van der Waals surface area contributed by atoms with Crippen LogP contribution in [0.4, 0.5) is 0 Å². The third-order valence-corrected chi connectivity index (χ3v) is 5.43. The van der Waals surface area contributed by atoms with E-state index in [1.165, 1.54) is 11.1 Å². The molecule has 0 radical (unpaired) electrons. The summed E-state index contributed by atoms with van der Waals surface area (Å²) in [7, 11) is 3.78. The van der Waals surface area contributed by atoms with Crippen LogP contribution < -0.4 is 10.1 Å². The molecule has 1 N–H and O–H groups in total. The zero-order valence-corrected chi connectivity index (χ0v) is 21.8. The highest BCUT2D eigenvalue weighted by Gasteiger charge is 2.14. The minimum absolute atomic E-state index is 0. The molecule has 0 atom stereocenters. The predicted octanol–water partition coefficient (Wildman–Crippen LogP) is 4.74. The van der Waals surface area contributed by atoms with Gasteiger partial charge in [0.05, 0.1) is 19.3 Å². The topological polar surface area (TPSA) is 55.3 Å². The fourth-order valence-corrected chi connectivity index (χ4v) is 3.52. The van der Waals surface area contributed by atoms with Gasteiger partial charge in [0.25, 0.3) is 0 Å². The monoisotopic (exact) mass is 573 g/mol. The van der Waals surface area contributed by atoms with Crippen LogP contribution in [0, 0.1) is 0 Å². The zero-order valence-electron chi connectivity index (χ0n) is 18.8. The van der Waals surface area contributed by atoms with Crippen molar-refractivity contribution in [1.82, 2.24) is 10.2 Å². The highest BCUT2D eigenvalue weighted by atomic mass is 127. The van der Waals surface area contributed by atoms with Crippen LogP contribution in [0.25, 0.3) is 0 Å². The van der Waals surface area contributed by atoms with Gasteiger partial charge < -0.3 is 24.4 Å². The van der Waals surface area contributed by atoms with Gasteiger partial charge >= 0.3 is 0 Å². The molecule has 0 aliphatic carbocycles. The van der Waals surface area contributed by atoms with E-state index in [0.29, 0.717) is 37.4 Å². The molecule has 6 nitrogen and oxygen atoms in total. The van der Waals surface area contributed by atoms with Gasteiger partial charge in [0.2, 0.25) is 0 Å². The number of aliphatic imine (C=N–C) groups is 1. The summed E-state index contributed by atoms with van der Waals surface area (Å²) in [6, 6.07) is 15.9. The Balaban J connectivity index is 0.00000363. The van der Waals surface area contributed by atoms with E-state index >= 15 is 0 Å². The van der Waals surface area contributed by atoms with Crippen LogP contribution in [0.3, 0.4) is 0 Å². The maximum absolute atomic E-state index is 5.99. The number of nitrogens with one attached hydrogen (secondary N) is 1. The summed E-state index contributed by atoms with van der Waals surface area (Å²) < 4.78 is 17.1. The van der Waals surface area contributed by atoms with E-state index in [4.69, 9.17) is 25.8 Å². The highest BCUT2D eigenvalue weighted by molar-refractivity contribution is 14.0. The lowest BCUT2D eigenvalue weighted by Crippen LogP contribution is -2.40. The van der Waals surface area contributed by atoms with E-state index in [0.717, 1.165) is 37.8 Å². The van der Waals surface area contributed by atoms with Gasteiger partial charge in [-0.15, -0.1) is 24.0 Å². The smallest absolute Gasteiger partial charge is 0.193 e. The van der Waals surface area contributed by atoms with E-state index in [2.05, 4.69) is 34.6 Å². The first-order chi connectivity index (χ1) is 15.1. The first kappa shape index (κ1) is 26.7. The van der Waals surface area contributed by atoms with Gasteiger partial charge in [-0.2, -0.15) is 0 Å². The van der Waals surface area contributed by atoms with Crippen LogP contribution in [-0.4, -0.2) is 57.4 Å². The molecule has 1 heterocycles. The summed E-state index contributed by atoms with van der Waals surface area (Å²) in [4.78, 5) is 6.41. The van der Waals surface area contributed by atoms with Crippen molar-refractivity contribution in [2.24, 2.45) is 4.99 Å². The normalized spacial score (nSPS) is 14.5. The van der Waals surface area contributed by atoms with Gasteiger partial charge in [0, 0.05) is 38.9 Å². The Morgan fingerprint density at radius 3 is 2.56 bits per heavy atom. The third kappa shape index (κ3) is 9.13. The third-order valence-electron chi connectivity index (χ3n) is 5.19. The number of ether oxygens (including phenoxy) is 3. The molecule has 0 spiro atoms. The summed E-state index contributed by atoms with van der Waals surface area (Å²) in [6.07, 6.45) is 2.29. The van der Waals surface area contributed by atoms with Crippen molar-refractivity contribution in [3.8, 4) is 5.75 Å². The summed E-state index contributed by atoms with van der Waals surface area (Å²) in [5.41, 5.74) is 2.38. The number of guanidine groups is 1. The predicted molar refractivity (Wildman–Crippen MR) is 140 cm³/mol. The van der Waals surface area contributed by atoms with Gasteiger partial charge in [-0.25, -0.2) is 0 Å². The van der Waals surface area contributed by atoms with Crippen LogP contribution in [0.1, 0.15) is 24.0 Å². The maximum Gasteiger partial charge on any atom is 0.193 e. The minimum atomic E-state index is 0. The molecule has 176 valence electrons. The van der Waals surface area contributed by atoms with Crippen molar-refractivity contribution in [1.29, 1.82) is 0 Å². The van der Waals surface area contributed by atoms with Gasteiger partial charge in [-0.1, -0.05) is 41.9 Å². The molecule has 32 heavy (non-hydrogen) atoms. The second-order valence-corrected chi connectivity index (χ2v) is 8.00. The largest absolute Gasteiger partial charge is 0.492 e. The molecule has 0 aromatic heterocycles. The number of hydrogen-bond donors (Lipinski definition) is 1. The summed E-state index contributed by atoms with van der Waals surface area (Å²) in [6.45, 7) is 4.20. The zero-order chi connectivity index (χ0) is 21.9. The molecule has 2 aromatic rings. The molecule has 0 saturated carbocycles. The Hall–Kier alpha value is -1.55. The Labute approximate surface area is 213 Å². The summed E-state index contributed by atoms with van der Waals surface area (Å²) in [5, 5.41) is 4.07. The molecule has 8 heteroatoms. The second-order valence-electron chi connectivity index (χ2n) is 7.57. The molecular formula is C24H33ClIN3O3. The van der Waals surface area contributed by atoms with Crippen LogP contribution in [0.15, 0.2) is 53.5 Å². The van der Waals surface area contributed by atoms with E-state index in [1.54, 1.807) is 7.05 Å². The number of halogens is 2. The van der Waals surface area contributed by atoms with Gasteiger partial charge in [-0.05, 0) is 42.2 Å². The molecule has 0 unspecified atom stereocenters. The first-order valence-corrected chi connectivity index (χ1v) is 11.1. The van der Waals surface area contributed by atoms with Crippen molar-refractivity contribution >= 4 is 41.5 Å². The lowest BCUT2D eigenvalue weighted by Gasteiger charge is -2.23. The maximum atomic E-state index is 5.99. The molecule has 2 aromatic carbocycles. The Morgan fingerprint density at radius 1 is 1.16 bits per heavy atom. The summed E-state index contributed by atoms with van der Waals surface area (Å²) >= 11 is 5.99. The van der Waals surface area contributed by atoms with E-state index in [9.17, 15) is 0 Å². The van der Waals surface area contributed by atoms with Crippen LogP contribution in [0.2, 0.25) is 5.02 Å². The summed E-state index contributed by atoms with van der Waals surface area (Å²) in [5.74, 6) is 1.59. The second kappa shape index (κ2) is 14.6. The number of hydrogen-bond acceptors (Lipinski definition) is 4. The molecule has 1 fully saturated rings. The van der Waals surface area contributed by atoms with E-state index in [1.807, 2.05) is 36.2 Å². The van der Waals surface area contributed by atoms with Crippen molar-refractivity contribution < 1.29 is 14.2 Å². The van der Waals surface area contributed by atoms with Crippen LogP contribution in [0.5, 0.6) is 5.75 Å². The fraction of sp³-hybridized carbons (Fsp3) is 0.458. The first-order valence-electron chi connectivity index (χ1n) is 10.7. The van der Waals surface area contributed by atoms with Gasteiger partial charge in [0.15, 0.2) is 5.96 Å². The molecule has 0 amide bonds. The Morgan fingerprint density at radius 2 is 1.88 bits per heavy atom. The number of nitrogens with zero attached hydrogens (tertiary/aromatic N) is 2. The van der Waals surface area contributed by atoms with Gasteiger partial charge in [-0.3, -0.25) is 4.99 Å². The van der Waals surface area contributed by atoms with Crippen LogP contribution >= 0.6 is 35.6 Å². The average Bonchev–Trinajstić information content (AvgIpc) is 2.80. The lowest BCUT2D eigenvalue weighted by atomic mass is 10.1. The Kier molecular flexibility index (Phi) is 12.2. The standard InChI is InChI=1S/C24H32ClN3O3.HI/c1-26-24(28(2)12-15-30-23-5-3-4-21(25)16-23)27-17-19-6-8-20(9-7-19)18-31-22-10-13-29-14-11-22;/h3-9,16,22H,10-15,17-18H2,1-2H3,(H,26,27);1H. The number of benzene rings is 2. The SMILES string of the molecule is CN=C(NCc1ccc(COC2CCOCC2)cc1)N(C)CCOc1cccc(Cl)c1.I. The number of likely N-dealkylation sites (N-methyl/N-ethyl adjacent to an activating group) is 1. The number of rotatable bonds is 9. The van der Waals surface area contributed by atoms with Crippen molar-refractivity contribution in [2.45, 2.75) is 32.1 Å². The minimum Gasteiger partial charge on any atom is -0.492 e. The van der Waals surface area contributed by atoms with E-state index < -0.39 is 0 Å². The highest BCUT2D eigenvalue weighted by Crippen LogP contribution is 2.17. The van der Waals surface area contributed by atoms with Crippen molar-refractivity contribution in [3.63, 3.8) is 0 Å². The van der Waals surface area contributed by atoms with Crippen molar-refractivity contribution in [2.75, 3.05) is 40.5 Å². The molecular weight excluding hydrogens is 541 g/mol. The van der Waals surface area contributed by atoms with Crippen molar-refractivity contribution in [3.05, 3.63) is 64.7 Å². The molecule has 1 aliphatic rings. The molecule has 1 aliphatic heterocycles. The van der Waals surface area contributed by atoms with Gasteiger partial charge in [0.1, 0.15) is 12.4 Å². The van der Waals surface area contributed by atoms with E-state index in [-0.39, 0.29) is 24.0 Å². The van der Waals surface area contributed by atoms with Crippen LogP contribution in [-0.2, 0) is 22.6 Å². The lowest BCUT2D eigenvalue weighted by molar-refractivity contribution is -0.0390. The molecule has 1 saturated heterocycles. The average molecular weight is 574 g/mol. The molecule has 3 rings (SSSR count).